The Morgan fingerprint density at radius 1 is 1.50 bits per heavy atom. The molecule has 1 saturated heterocycles. The Hall–Kier alpha value is -1.00. The van der Waals surface area contributed by atoms with Crippen LogP contribution in [0.25, 0.3) is 0 Å². The second kappa shape index (κ2) is 5.33. The van der Waals surface area contributed by atoms with Gasteiger partial charge in [0.2, 0.25) is 0 Å². The van der Waals surface area contributed by atoms with Gasteiger partial charge in [-0.25, -0.2) is 4.39 Å². The fraction of sp³-hybridized carbons (Fsp3) is 0.643. The molecule has 0 aromatic carbocycles. The number of ether oxygens (including phenoxy) is 1. The standard InChI is InChI=1S/C14H21FN2O/c1-10(13-5-4-11(15)9-16-13)17-12-6-7-18-14(2,3)8-12/h4-5,9-10,12,17H,6-8H2,1-3H3. The van der Waals surface area contributed by atoms with Gasteiger partial charge >= 0.3 is 0 Å². The van der Waals surface area contributed by atoms with E-state index >= 15 is 0 Å². The van der Waals surface area contributed by atoms with Gasteiger partial charge in [0.25, 0.3) is 0 Å². The molecule has 2 atom stereocenters. The zero-order chi connectivity index (χ0) is 13.2. The Balaban J connectivity index is 1.94. The van der Waals surface area contributed by atoms with Crippen LogP contribution in [0.4, 0.5) is 4.39 Å². The first-order valence-corrected chi connectivity index (χ1v) is 6.48. The number of hydrogen-bond donors (Lipinski definition) is 1. The number of nitrogens with one attached hydrogen (secondary N) is 1. The summed E-state index contributed by atoms with van der Waals surface area (Å²) in [5.41, 5.74) is 0.812. The first kappa shape index (κ1) is 13.4. The van der Waals surface area contributed by atoms with E-state index in [9.17, 15) is 4.39 Å². The third-order valence-corrected chi connectivity index (χ3v) is 3.38. The normalized spacial score (nSPS) is 24.8. The van der Waals surface area contributed by atoms with Crippen molar-refractivity contribution < 1.29 is 9.13 Å². The molecule has 2 heterocycles. The van der Waals surface area contributed by atoms with Crippen LogP contribution >= 0.6 is 0 Å². The molecule has 0 bridgehead atoms. The summed E-state index contributed by atoms with van der Waals surface area (Å²) in [7, 11) is 0. The number of pyridine rings is 1. The summed E-state index contributed by atoms with van der Waals surface area (Å²) in [4.78, 5) is 4.11. The lowest BCUT2D eigenvalue weighted by molar-refractivity contribution is -0.0640. The molecule has 1 fully saturated rings. The van der Waals surface area contributed by atoms with Crippen LogP contribution in [0.1, 0.15) is 45.3 Å². The Labute approximate surface area is 108 Å². The summed E-state index contributed by atoms with van der Waals surface area (Å²) >= 11 is 0. The second-order valence-corrected chi connectivity index (χ2v) is 5.59. The zero-order valence-electron chi connectivity index (χ0n) is 11.2. The SMILES string of the molecule is CC(NC1CCOC(C)(C)C1)c1ccc(F)cn1. The van der Waals surface area contributed by atoms with Crippen LogP contribution in [-0.2, 0) is 4.74 Å². The van der Waals surface area contributed by atoms with E-state index in [2.05, 4.69) is 31.1 Å². The Kier molecular flexibility index (Phi) is 3.97. The maximum absolute atomic E-state index is 12.8. The summed E-state index contributed by atoms with van der Waals surface area (Å²) in [6.45, 7) is 7.07. The van der Waals surface area contributed by atoms with Crippen molar-refractivity contribution in [2.45, 2.75) is 51.3 Å². The average Bonchev–Trinajstić information content (AvgIpc) is 2.28. The largest absolute Gasteiger partial charge is 0.375 e. The predicted octanol–water partition coefficient (Wildman–Crippen LogP) is 2.83. The number of halogens is 1. The molecule has 1 aromatic rings. The van der Waals surface area contributed by atoms with Gasteiger partial charge in [-0.15, -0.1) is 0 Å². The molecule has 0 amide bonds. The van der Waals surface area contributed by atoms with Crippen LogP contribution in [0, 0.1) is 5.82 Å². The van der Waals surface area contributed by atoms with Crippen LogP contribution in [-0.4, -0.2) is 23.2 Å². The molecule has 1 N–H and O–H groups in total. The van der Waals surface area contributed by atoms with Crippen molar-refractivity contribution in [3.8, 4) is 0 Å². The van der Waals surface area contributed by atoms with E-state index < -0.39 is 0 Å². The third kappa shape index (κ3) is 3.50. The quantitative estimate of drug-likeness (QED) is 0.898. The van der Waals surface area contributed by atoms with Gasteiger partial charge in [-0.2, -0.15) is 0 Å². The number of aromatic nitrogens is 1. The van der Waals surface area contributed by atoms with Crippen LogP contribution < -0.4 is 5.32 Å². The average molecular weight is 252 g/mol. The van der Waals surface area contributed by atoms with Gasteiger partial charge in [0, 0.05) is 18.7 Å². The monoisotopic (exact) mass is 252 g/mol. The van der Waals surface area contributed by atoms with Gasteiger partial charge in [0.15, 0.2) is 0 Å². The van der Waals surface area contributed by atoms with Crippen LogP contribution in [0.15, 0.2) is 18.3 Å². The van der Waals surface area contributed by atoms with Gasteiger partial charge in [0.05, 0.1) is 17.5 Å². The van der Waals surface area contributed by atoms with Crippen molar-refractivity contribution in [3.05, 3.63) is 29.8 Å². The van der Waals surface area contributed by atoms with Crippen molar-refractivity contribution in [2.24, 2.45) is 0 Å². The number of rotatable bonds is 3. The maximum atomic E-state index is 12.8. The summed E-state index contributed by atoms with van der Waals surface area (Å²) in [5, 5.41) is 3.55. The Morgan fingerprint density at radius 3 is 2.89 bits per heavy atom. The van der Waals surface area contributed by atoms with E-state index in [4.69, 9.17) is 4.74 Å². The van der Waals surface area contributed by atoms with E-state index in [1.807, 2.05) is 0 Å². The summed E-state index contributed by atoms with van der Waals surface area (Å²) < 4.78 is 18.5. The molecule has 3 nitrogen and oxygen atoms in total. The highest BCUT2D eigenvalue weighted by atomic mass is 19.1. The van der Waals surface area contributed by atoms with E-state index in [-0.39, 0.29) is 17.5 Å². The first-order chi connectivity index (χ1) is 8.46. The molecule has 0 radical (unpaired) electrons. The smallest absolute Gasteiger partial charge is 0.141 e. The second-order valence-electron chi connectivity index (χ2n) is 5.59. The molecular formula is C14H21FN2O. The lowest BCUT2D eigenvalue weighted by atomic mass is 9.93. The van der Waals surface area contributed by atoms with Crippen LogP contribution in [0.5, 0.6) is 0 Å². The van der Waals surface area contributed by atoms with Gasteiger partial charge < -0.3 is 10.1 Å². The molecule has 0 aliphatic carbocycles. The van der Waals surface area contributed by atoms with Crippen molar-refractivity contribution in [2.75, 3.05) is 6.61 Å². The van der Waals surface area contributed by atoms with Crippen molar-refractivity contribution in [1.29, 1.82) is 0 Å². The molecular weight excluding hydrogens is 231 g/mol. The summed E-state index contributed by atoms with van der Waals surface area (Å²) in [6.07, 6.45) is 3.26. The predicted molar refractivity (Wildman–Crippen MR) is 68.8 cm³/mol. The lowest BCUT2D eigenvalue weighted by Crippen LogP contribution is -2.44. The Bertz CT molecular complexity index is 391. The van der Waals surface area contributed by atoms with Crippen LogP contribution in [0.2, 0.25) is 0 Å². The molecule has 0 spiro atoms. The van der Waals surface area contributed by atoms with Gasteiger partial charge in [-0.1, -0.05) is 0 Å². The number of nitrogens with zero attached hydrogens (tertiary/aromatic N) is 1. The highest BCUT2D eigenvalue weighted by molar-refractivity contribution is 5.09. The first-order valence-electron chi connectivity index (χ1n) is 6.48. The lowest BCUT2D eigenvalue weighted by Gasteiger charge is -2.37. The fourth-order valence-electron chi connectivity index (χ4n) is 2.46. The highest BCUT2D eigenvalue weighted by Gasteiger charge is 2.29. The topological polar surface area (TPSA) is 34.1 Å². The minimum absolute atomic E-state index is 0.0636. The molecule has 0 saturated carbocycles. The minimum atomic E-state index is -0.293. The van der Waals surface area contributed by atoms with Gasteiger partial charge in [-0.3, -0.25) is 4.98 Å². The summed E-state index contributed by atoms with van der Waals surface area (Å²) in [5.74, 6) is -0.293. The minimum Gasteiger partial charge on any atom is -0.375 e. The molecule has 4 heteroatoms. The molecule has 1 aliphatic rings. The molecule has 2 unspecified atom stereocenters. The summed E-state index contributed by atoms with van der Waals surface area (Å²) in [6, 6.07) is 3.74. The zero-order valence-corrected chi connectivity index (χ0v) is 11.2. The van der Waals surface area contributed by atoms with Crippen molar-refractivity contribution in [1.82, 2.24) is 10.3 Å². The molecule has 1 aromatic heterocycles. The van der Waals surface area contributed by atoms with Crippen molar-refractivity contribution >= 4 is 0 Å². The number of hydrogen-bond acceptors (Lipinski definition) is 3. The molecule has 18 heavy (non-hydrogen) atoms. The van der Waals surface area contributed by atoms with E-state index in [0.29, 0.717) is 6.04 Å². The molecule has 100 valence electrons. The highest BCUT2D eigenvalue weighted by Crippen LogP contribution is 2.25. The van der Waals surface area contributed by atoms with E-state index in [1.165, 1.54) is 12.3 Å². The molecule has 1 aliphatic heterocycles. The maximum Gasteiger partial charge on any atom is 0.141 e. The van der Waals surface area contributed by atoms with E-state index in [1.54, 1.807) is 6.07 Å². The van der Waals surface area contributed by atoms with Gasteiger partial charge in [0.1, 0.15) is 5.82 Å². The van der Waals surface area contributed by atoms with Gasteiger partial charge in [-0.05, 0) is 45.7 Å². The Morgan fingerprint density at radius 2 is 2.28 bits per heavy atom. The molecule has 2 rings (SSSR count). The van der Waals surface area contributed by atoms with Crippen LogP contribution in [0.3, 0.4) is 0 Å². The fourth-order valence-corrected chi connectivity index (χ4v) is 2.46. The van der Waals surface area contributed by atoms with Crippen molar-refractivity contribution in [3.63, 3.8) is 0 Å². The third-order valence-electron chi connectivity index (χ3n) is 3.38. The van der Waals surface area contributed by atoms with E-state index in [0.717, 1.165) is 25.1 Å².